The highest BCUT2D eigenvalue weighted by Gasteiger charge is 2.38. The van der Waals surface area contributed by atoms with Gasteiger partial charge in [-0.3, -0.25) is 9.21 Å². The molecule has 0 radical (unpaired) electrons. The van der Waals surface area contributed by atoms with Crippen LogP contribution in [0.15, 0.2) is 52.2 Å². The second kappa shape index (κ2) is 13.3. The van der Waals surface area contributed by atoms with Gasteiger partial charge in [0.1, 0.15) is 9.22 Å². The number of carbonyl (C=O) groups is 1. The highest BCUT2D eigenvalue weighted by molar-refractivity contribution is 7.94. The van der Waals surface area contributed by atoms with E-state index < -0.39 is 22.2 Å². The van der Waals surface area contributed by atoms with Crippen molar-refractivity contribution in [3.8, 4) is 10.7 Å². The minimum absolute atomic E-state index is 0.235. The molecule has 0 bridgehead atoms. The molecule has 0 unspecified atom stereocenters. The molecule has 41 heavy (non-hydrogen) atoms. The van der Waals surface area contributed by atoms with Crippen molar-refractivity contribution < 1.29 is 36.2 Å². The number of nitrogens with zero attached hydrogens (tertiary/aromatic N) is 3. The first-order valence-corrected chi connectivity index (χ1v) is 15.9. The molecule has 15 heteroatoms. The molecule has 222 valence electrons. The van der Waals surface area contributed by atoms with E-state index in [2.05, 4.69) is 20.9 Å². The van der Waals surface area contributed by atoms with Crippen LogP contribution in [0.2, 0.25) is 0 Å². The summed E-state index contributed by atoms with van der Waals surface area (Å²) in [5.41, 5.74) is 2.30. The van der Waals surface area contributed by atoms with Crippen LogP contribution in [-0.4, -0.2) is 73.4 Å². The Labute approximate surface area is 243 Å². The molecule has 4 heterocycles. The summed E-state index contributed by atoms with van der Waals surface area (Å²) in [6.07, 6.45) is -0.588. The monoisotopic (exact) mass is 630 g/mol. The van der Waals surface area contributed by atoms with Crippen LogP contribution in [0, 0.1) is 0 Å². The first-order chi connectivity index (χ1) is 19.5. The van der Waals surface area contributed by atoms with E-state index >= 15 is 0 Å². The fourth-order valence-corrected chi connectivity index (χ4v) is 7.80. The highest BCUT2D eigenvalue weighted by Crippen LogP contribution is 2.35. The number of sulfonamides is 1. The number of nitrogens with one attached hydrogen (secondary N) is 1. The van der Waals surface area contributed by atoms with E-state index in [0.717, 1.165) is 41.2 Å². The Kier molecular flexibility index (Phi) is 10.1. The number of alkyl halides is 3. The molecule has 1 fully saturated rings. The number of carboxylic acids is 1. The number of aromatic amines is 1. The third-order valence-corrected chi connectivity index (χ3v) is 10.4. The van der Waals surface area contributed by atoms with Gasteiger partial charge >= 0.3 is 12.1 Å². The summed E-state index contributed by atoms with van der Waals surface area (Å²) in [5.74, 6) is -2.76. The fraction of sp³-hybridized carbons (Fsp3) is 0.385. The van der Waals surface area contributed by atoms with Gasteiger partial charge in [0.15, 0.2) is 0 Å². The second-order valence-corrected chi connectivity index (χ2v) is 13.2. The van der Waals surface area contributed by atoms with Gasteiger partial charge in [-0.2, -0.15) is 13.2 Å². The molecule has 3 aromatic heterocycles. The number of H-pyrrole nitrogens is 1. The number of para-hydroxylation sites is 1. The van der Waals surface area contributed by atoms with Crippen molar-refractivity contribution in [3.05, 3.63) is 52.9 Å². The van der Waals surface area contributed by atoms with Gasteiger partial charge < -0.3 is 14.8 Å². The number of anilines is 1. The number of rotatable bonds is 10. The average molecular weight is 631 g/mol. The zero-order chi connectivity index (χ0) is 29.6. The average Bonchev–Trinajstić information content (AvgIpc) is 3.73. The number of thiophene rings is 1. The Hall–Kier alpha value is -2.98. The van der Waals surface area contributed by atoms with E-state index in [1.165, 1.54) is 33.4 Å². The number of aliphatic carboxylic acids is 1. The van der Waals surface area contributed by atoms with Gasteiger partial charge in [0, 0.05) is 29.6 Å². The summed E-state index contributed by atoms with van der Waals surface area (Å²) < 4.78 is 66.1. The van der Waals surface area contributed by atoms with Gasteiger partial charge in [-0.15, -0.1) is 22.7 Å². The number of halogens is 3. The molecule has 1 saturated heterocycles. The topological polar surface area (TPSA) is 116 Å². The van der Waals surface area contributed by atoms with Crippen molar-refractivity contribution in [2.45, 2.75) is 36.7 Å². The van der Waals surface area contributed by atoms with E-state index in [1.54, 1.807) is 28.8 Å². The maximum Gasteiger partial charge on any atom is 0.490 e. The molecule has 1 aliphatic heterocycles. The molecule has 0 atom stereocenters. The molecule has 1 aliphatic rings. The van der Waals surface area contributed by atoms with Crippen LogP contribution in [0.4, 0.5) is 18.9 Å². The van der Waals surface area contributed by atoms with Crippen LogP contribution in [0.25, 0.3) is 21.6 Å². The molecule has 1 aromatic carbocycles. The maximum atomic E-state index is 13.5. The quantitative estimate of drug-likeness (QED) is 0.212. The lowest BCUT2D eigenvalue weighted by molar-refractivity contribution is -0.192. The summed E-state index contributed by atoms with van der Waals surface area (Å²) in [5, 5.41) is 10.8. The van der Waals surface area contributed by atoms with E-state index in [9.17, 15) is 21.6 Å². The van der Waals surface area contributed by atoms with Gasteiger partial charge in [0.25, 0.3) is 10.0 Å². The lowest BCUT2D eigenvalue weighted by Gasteiger charge is -2.24. The molecule has 0 amide bonds. The van der Waals surface area contributed by atoms with E-state index in [-0.39, 0.29) is 6.54 Å². The first kappa shape index (κ1) is 31.0. The van der Waals surface area contributed by atoms with Crippen LogP contribution in [0.5, 0.6) is 0 Å². The molecule has 0 spiro atoms. The summed E-state index contributed by atoms with van der Waals surface area (Å²) in [4.78, 5) is 20.7. The predicted molar refractivity (Wildman–Crippen MR) is 153 cm³/mol. The van der Waals surface area contributed by atoms with Crippen molar-refractivity contribution in [1.82, 2.24) is 14.9 Å². The SMILES string of the molecule is CCOCCN(c1cccc2cc(-c3ncc(CN4CCCC4)s3)[nH]c12)S(=O)(=O)c1cccs1.O=C(O)C(F)(F)F. The lowest BCUT2D eigenvalue weighted by Crippen LogP contribution is -2.34. The summed E-state index contributed by atoms with van der Waals surface area (Å²) in [7, 11) is -3.71. The summed E-state index contributed by atoms with van der Waals surface area (Å²) in [6, 6.07) is 11.2. The Morgan fingerprint density at radius 3 is 2.59 bits per heavy atom. The molecule has 5 rings (SSSR count). The molecule has 4 aromatic rings. The summed E-state index contributed by atoms with van der Waals surface area (Å²) >= 11 is 2.91. The highest BCUT2D eigenvalue weighted by atomic mass is 32.2. The normalized spacial score (nSPS) is 14.2. The minimum atomic E-state index is -5.08. The Bertz CT molecular complexity index is 1550. The zero-order valence-electron chi connectivity index (χ0n) is 22.1. The predicted octanol–water partition coefficient (Wildman–Crippen LogP) is 5.81. The van der Waals surface area contributed by atoms with Crippen LogP contribution in [0.3, 0.4) is 0 Å². The van der Waals surface area contributed by atoms with E-state index in [0.29, 0.717) is 23.1 Å². The smallest absolute Gasteiger partial charge is 0.475 e. The Balaban J connectivity index is 0.000000493. The zero-order valence-corrected chi connectivity index (χ0v) is 24.5. The molecule has 0 aliphatic carbocycles. The second-order valence-electron chi connectivity index (χ2n) is 9.05. The van der Waals surface area contributed by atoms with Gasteiger partial charge in [-0.25, -0.2) is 18.2 Å². The lowest BCUT2D eigenvalue weighted by atomic mass is 10.2. The van der Waals surface area contributed by atoms with Gasteiger partial charge in [0.2, 0.25) is 0 Å². The summed E-state index contributed by atoms with van der Waals surface area (Å²) in [6.45, 7) is 6.23. The third-order valence-electron chi connectivity index (χ3n) is 6.19. The van der Waals surface area contributed by atoms with Crippen LogP contribution in [-0.2, 0) is 26.1 Å². The minimum Gasteiger partial charge on any atom is -0.475 e. The number of hydrogen-bond donors (Lipinski definition) is 2. The largest absolute Gasteiger partial charge is 0.490 e. The molecule has 0 saturated carbocycles. The number of fused-ring (bicyclic) bond motifs is 1. The van der Waals surface area contributed by atoms with Crippen molar-refractivity contribution in [1.29, 1.82) is 0 Å². The van der Waals surface area contributed by atoms with Crippen molar-refractivity contribution in [3.63, 3.8) is 0 Å². The van der Waals surface area contributed by atoms with Crippen molar-refractivity contribution >= 4 is 55.3 Å². The van der Waals surface area contributed by atoms with Crippen LogP contribution < -0.4 is 4.31 Å². The number of aromatic nitrogens is 2. The molecule has 9 nitrogen and oxygen atoms in total. The van der Waals surface area contributed by atoms with E-state index in [4.69, 9.17) is 14.6 Å². The van der Waals surface area contributed by atoms with Gasteiger partial charge in [0.05, 0.1) is 30.0 Å². The number of likely N-dealkylation sites (tertiary alicyclic amines) is 1. The first-order valence-electron chi connectivity index (χ1n) is 12.7. The van der Waals surface area contributed by atoms with Crippen molar-refractivity contribution in [2.75, 3.05) is 37.2 Å². The number of benzene rings is 1. The van der Waals surface area contributed by atoms with Gasteiger partial charge in [-0.05, 0) is 56.4 Å². The van der Waals surface area contributed by atoms with Crippen molar-refractivity contribution in [2.24, 2.45) is 0 Å². The third kappa shape index (κ3) is 7.65. The van der Waals surface area contributed by atoms with Crippen LogP contribution in [0.1, 0.15) is 24.6 Å². The molecular formula is C26H29F3N4O5S3. The standard InChI is InChI=1S/C24H28N4O3S3.C2HF3O2/c1-2-31-13-12-28(34(29,30)22-9-6-14-32-22)21-8-5-7-18-15-20(26-23(18)21)24-25-16-19(33-24)17-27-10-3-4-11-27;3-2(4,5)1(6)7/h5-9,14-16,26H,2-4,10-13,17H2,1H3;(H,6,7). The Morgan fingerprint density at radius 2 is 1.95 bits per heavy atom. The fourth-order valence-electron chi connectivity index (χ4n) is 4.31. The molecular weight excluding hydrogens is 602 g/mol. The number of hydrogen-bond acceptors (Lipinski definition) is 8. The number of ether oxygens (including phenoxy) is 1. The number of thiazole rings is 1. The maximum absolute atomic E-state index is 13.5. The van der Waals surface area contributed by atoms with E-state index in [1.807, 2.05) is 31.3 Å². The van der Waals surface area contributed by atoms with Gasteiger partial charge in [-0.1, -0.05) is 18.2 Å². The number of carboxylic acid groups (broad SMARTS) is 1. The van der Waals surface area contributed by atoms with Crippen LogP contribution >= 0.6 is 22.7 Å². The Morgan fingerprint density at radius 1 is 1.22 bits per heavy atom. The molecule has 2 N–H and O–H groups in total.